The van der Waals surface area contributed by atoms with Gasteiger partial charge in [0.25, 0.3) is 0 Å². The molecule has 168 valence electrons. The molecule has 0 saturated carbocycles. The van der Waals surface area contributed by atoms with Gasteiger partial charge in [-0.2, -0.15) is 0 Å². The number of para-hydroxylation sites is 1. The van der Waals surface area contributed by atoms with E-state index in [-0.39, 0.29) is 17.5 Å². The van der Waals surface area contributed by atoms with E-state index in [1.807, 2.05) is 59.2 Å². The van der Waals surface area contributed by atoms with Crippen LogP contribution in [0.4, 0.5) is 4.39 Å². The van der Waals surface area contributed by atoms with Gasteiger partial charge in [0, 0.05) is 17.8 Å². The fourth-order valence-electron chi connectivity index (χ4n) is 3.28. The molecule has 0 aliphatic rings. The summed E-state index contributed by atoms with van der Waals surface area (Å²) < 4.78 is 20.2. The van der Waals surface area contributed by atoms with Gasteiger partial charge in [-0.3, -0.25) is 9.36 Å². The second-order valence-corrected chi connectivity index (χ2v) is 8.16. The summed E-state index contributed by atoms with van der Waals surface area (Å²) in [6.07, 6.45) is 0.637. The number of hydrogen-bond acceptors (Lipinski definition) is 5. The lowest BCUT2D eigenvalue weighted by atomic mass is 10.1. The molecule has 1 amide bonds. The predicted molar refractivity (Wildman–Crippen MR) is 127 cm³/mol. The van der Waals surface area contributed by atoms with E-state index in [1.54, 1.807) is 19.2 Å². The van der Waals surface area contributed by atoms with Crippen LogP contribution in [0.2, 0.25) is 0 Å². The van der Waals surface area contributed by atoms with Crippen LogP contribution in [0.5, 0.6) is 5.75 Å². The van der Waals surface area contributed by atoms with Crippen molar-refractivity contribution in [3.63, 3.8) is 0 Å². The molecule has 33 heavy (non-hydrogen) atoms. The minimum Gasteiger partial charge on any atom is -0.497 e. The van der Waals surface area contributed by atoms with Crippen LogP contribution in [0, 0.1) is 5.82 Å². The van der Waals surface area contributed by atoms with Gasteiger partial charge in [0.1, 0.15) is 11.6 Å². The van der Waals surface area contributed by atoms with Crippen molar-refractivity contribution in [1.29, 1.82) is 0 Å². The summed E-state index contributed by atoms with van der Waals surface area (Å²) in [5.74, 6) is 1.28. The van der Waals surface area contributed by atoms with E-state index in [0.717, 1.165) is 22.6 Å². The van der Waals surface area contributed by atoms with Crippen molar-refractivity contribution >= 4 is 17.7 Å². The molecule has 1 N–H and O–H groups in total. The lowest BCUT2D eigenvalue weighted by Gasteiger charge is -2.11. The molecular weight excluding hydrogens is 439 g/mol. The highest BCUT2D eigenvalue weighted by Gasteiger charge is 2.17. The van der Waals surface area contributed by atoms with Crippen molar-refractivity contribution in [1.82, 2.24) is 20.1 Å². The fourth-order valence-corrected chi connectivity index (χ4v) is 4.06. The molecule has 8 heteroatoms. The maximum Gasteiger partial charge on any atom is 0.230 e. The number of methoxy groups -OCH3 is 1. The standard InChI is InChI=1S/C25H23FN4O2S/c1-32-22-13-9-19(10-14-22)24-28-29-25(30(24)21-5-3-2-4-6-21)33-17-23(31)27-16-15-18-7-11-20(26)12-8-18/h2-14H,15-17H2,1H3,(H,27,31). The zero-order valence-corrected chi connectivity index (χ0v) is 18.9. The van der Waals surface area contributed by atoms with Crippen LogP contribution in [0.3, 0.4) is 0 Å². The molecular formula is C25H23FN4O2S. The van der Waals surface area contributed by atoms with Crippen LogP contribution in [0.1, 0.15) is 5.56 Å². The number of carbonyl (C=O) groups excluding carboxylic acids is 1. The number of ether oxygens (including phenoxy) is 1. The molecule has 0 aliphatic carbocycles. The second-order valence-electron chi connectivity index (χ2n) is 7.22. The van der Waals surface area contributed by atoms with Crippen LogP contribution >= 0.6 is 11.8 Å². The number of hydrogen-bond donors (Lipinski definition) is 1. The Kier molecular flexibility index (Phi) is 7.36. The molecule has 0 bridgehead atoms. The smallest absolute Gasteiger partial charge is 0.230 e. The van der Waals surface area contributed by atoms with Gasteiger partial charge in [0.15, 0.2) is 11.0 Å². The normalized spacial score (nSPS) is 10.7. The van der Waals surface area contributed by atoms with E-state index < -0.39 is 0 Å². The van der Waals surface area contributed by atoms with Gasteiger partial charge in [0.05, 0.1) is 12.9 Å². The molecule has 6 nitrogen and oxygen atoms in total. The Labute approximate surface area is 195 Å². The summed E-state index contributed by atoms with van der Waals surface area (Å²) in [6, 6.07) is 23.7. The third-order valence-electron chi connectivity index (χ3n) is 4.98. The highest BCUT2D eigenvalue weighted by molar-refractivity contribution is 7.99. The minimum absolute atomic E-state index is 0.101. The lowest BCUT2D eigenvalue weighted by molar-refractivity contribution is -0.118. The Morgan fingerprint density at radius 2 is 1.73 bits per heavy atom. The van der Waals surface area contributed by atoms with E-state index in [0.29, 0.717) is 23.9 Å². The van der Waals surface area contributed by atoms with Crippen molar-refractivity contribution in [2.45, 2.75) is 11.6 Å². The molecule has 0 saturated heterocycles. The number of carbonyl (C=O) groups is 1. The Morgan fingerprint density at radius 3 is 2.42 bits per heavy atom. The van der Waals surface area contributed by atoms with Gasteiger partial charge >= 0.3 is 0 Å². The molecule has 0 fully saturated rings. The number of thioether (sulfide) groups is 1. The average molecular weight is 463 g/mol. The van der Waals surface area contributed by atoms with Gasteiger partial charge in [-0.15, -0.1) is 10.2 Å². The van der Waals surface area contributed by atoms with Crippen molar-refractivity contribution in [2.24, 2.45) is 0 Å². The van der Waals surface area contributed by atoms with Gasteiger partial charge in [-0.25, -0.2) is 4.39 Å². The van der Waals surface area contributed by atoms with Crippen LogP contribution in [-0.4, -0.2) is 40.1 Å². The van der Waals surface area contributed by atoms with Gasteiger partial charge in [-0.05, 0) is 60.5 Å². The summed E-state index contributed by atoms with van der Waals surface area (Å²) >= 11 is 1.32. The second kappa shape index (κ2) is 10.8. The van der Waals surface area contributed by atoms with E-state index >= 15 is 0 Å². The maximum absolute atomic E-state index is 13.0. The van der Waals surface area contributed by atoms with Gasteiger partial charge < -0.3 is 10.1 Å². The van der Waals surface area contributed by atoms with Crippen molar-refractivity contribution in [2.75, 3.05) is 19.4 Å². The Balaban J connectivity index is 1.45. The maximum atomic E-state index is 13.0. The highest BCUT2D eigenvalue weighted by Crippen LogP contribution is 2.28. The number of amides is 1. The number of nitrogens with zero attached hydrogens (tertiary/aromatic N) is 3. The zero-order valence-electron chi connectivity index (χ0n) is 18.1. The zero-order chi connectivity index (χ0) is 23.0. The van der Waals surface area contributed by atoms with Crippen LogP contribution in [0.15, 0.2) is 84.0 Å². The molecule has 0 radical (unpaired) electrons. The first-order chi connectivity index (χ1) is 16.1. The van der Waals surface area contributed by atoms with E-state index in [9.17, 15) is 9.18 Å². The predicted octanol–water partition coefficient (Wildman–Crippen LogP) is 4.53. The Morgan fingerprint density at radius 1 is 1.00 bits per heavy atom. The van der Waals surface area contributed by atoms with E-state index in [2.05, 4.69) is 15.5 Å². The summed E-state index contributed by atoms with van der Waals surface area (Å²) in [7, 11) is 1.63. The molecule has 1 aromatic heterocycles. The molecule has 0 unspecified atom stereocenters. The topological polar surface area (TPSA) is 69.0 Å². The SMILES string of the molecule is COc1ccc(-c2nnc(SCC(=O)NCCc3ccc(F)cc3)n2-c2ccccc2)cc1. The van der Waals surface area contributed by atoms with Crippen molar-refractivity contribution in [3.8, 4) is 22.8 Å². The number of halogens is 1. The van der Waals surface area contributed by atoms with Gasteiger partial charge in [0.2, 0.25) is 5.91 Å². The van der Waals surface area contributed by atoms with E-state index in [1.165, 1.54) is 23.9 Å². The van der Waals surface area contributed by atoms with Crippen LogP contribution in [-0.2, 0) is 11.2 Å². The summed E-state index contributed by atoms with van der Waals surface area (Å²) in [4.78, 5) is 12.4. The number of benzene rings is 3. The molecule has 0 spiro atoms. The van der Waals surface area contributed by atoms with Crippen LogP contribution in [0.25, 0.3) is 17.1 Å². The summed E-state index contributed by atoms with van der Waals surface area (Å²) in [5, 5.41) is 12.3. The fraction of sp³-hybridized carbons (Fsp3) is 0.160. The lowest BCUT2D eigenvalue weighted by Crippen LogP contribution is -2.27. The largest absolute Gasteiger partial charge is 0.497 e. The molecule has 4 rings (SSSR count). The van der Waals surface area contributed by atoms with Crippen LogP contribution < -0.4 is 10.1 Å². The summed E-state index contributed by atoms with van der Waals surface area (Å²) in [5.41, 5.74) is 2.77. The minimum atomic E-state index is -0.268. The number of rotatable bonds is 9. The first-order valence-corrected chi connectivity index (χ1v) is 11.4. The number of aromatic nitrogens is 3. The quantitative estimate of drug-likeness (QED) is 0.370. The first kappa shape index (κ1) is 22.5. The molecule has 0 atom stereocenters. The monoisotopic (exact) mass is 462 g/mol. The molecule has 0 aliphatic heterocycles. The Bertz CT molecular complexity index is 1200. The molecule has 3 aromatic carbocycles. The van der Waals surface area contributed by atoms with Gasteiger partial charge in [-0.1, -0.05) is 42.1 Å². The average Bonchev–Trinajstić information content (AvgIpc) is 3.28. The first-order valence-electron chi connectivity index (χ1n) is 10.4. The van der Waals surface area contributed by atoms with E-state index in [4.69, 9.17) is 4.74 Å². The molecule has 1 heterocycles. The third kappa shape index (κ3) is 5.78. The highest BCUT2D eigenvalue weighted by atomic mass is 32.2. The van der Waals surface area contributed by atoms with Crippen molar-refractivity contribution in [3.05, 3.63) is 90.2 Å². The number of nitrogens with one attached hydrogen (secondary N) is 1. The summed E-state index contributed by atoms with van der Waals surface area (Å²) in [6.45, 7) is 0.480. The Hall–Kier alpha value is -3.65. The molecule has 4 aromatic rings. The third-order valence-corrected chi connectivity index (χ3v) is 5.91. The van der Waals surface area contributed by atoms with Crippen molar-refractivity contribution < 1.29 is 13.9 Å².